The SMILES string of the molecule is CC.CC.CCCC(=O)c1cncc(Cc2ccc(Cn3ccccc3=O)cc2)c1. The van der Waals surface area contributed by atoms with Gasteiger partial charge in [-0.1, -0.05) is 65.0 Å². The highest BCUT2D eigenvalue weighted by atomic mass is 16.1. The van der Waals surface area contributed by atoms with Crippen molar-refractivity contribution in [1.29, 1.82) is 0 Å². The van der Waals surface area contributed by atoms with Crippen LogP contribution in [0.25, 0.3) is 0 Å². The van der Waals surface area contributed by atoms with Crippen LogP contribution in [0, 0.1) is 0 Å². The van der Waals surface area contributed by atoms with Crippen LogP contribution >= 0.6 is 0 Å². The molecular weight excluding hydrogens is 372 g/mol. The molecule has 3 rings (SSSR count). The molecule has 0 saturated carbocycles. The lowest BCUT2D eigenvalue weighted by molar-refractivity contribution is 0.0981. The van der Waals surface area contributed by atoms with Crippen molar-refractivity contribution in [3.8, 4) is 0 Å². The molecule has 2 heterocycles. The fourth-order valence-corrected chi connectivity index (χ4v) is 2.89. The van der Waals surface area contributed by atoms with E-state index in [0.717, 1.165) is 29.5 Å². The summed E-state index contributed by atoms with van der Waals surface area (Å²) in [6, 6.07) is 15.3. The summed E-state index contributed by atoms with van der Waals surface area (Å²) in [5.41, 5.74) is 3.93. The van der Waals surface area contributed by atoms with E-state index in [2.05, 4.69) is 17.1 Å². The van der Waals surface area contributed by atoms with Crippen LogP contribution in [0.5, 0.6) is 0 Å². The number of carbonyl (C=O) groups excluding carboxylic acids is 1. The maximum atomic E-state index is 12.0. The lowest BCUT2D eigenvalue weighted by Crippen LogP contribution is -2.18. The fourth-order valence-electron chi connectivity index (χ4n) is 2.89. The van der Waals surface area contributed by atoms with Crippen molar-refractivity contribution in [3.05, 3.63) is 99.7 Å². The van der Waals surface area contributed by atoms with Crippen LogP contribution in [0.1, 0.15) is 74.5 Å². The molecule has 4 heteroatoms. The summed E-state index contributed by atoms with van der Waals surface area (Å²) in [5.74, 6) is 0.144. The highest BCUT2D eigenvalue weighted by Crippen LogP contribution is 2.13. The number of rotatable bonds is 7. The minimum atomic E-state index is -0.00351. The number of pyridine rings is 2. The first kappa shape index (κ1) is 25.0. The predicted molar refractivity (Wildman–Crippen MR) is 125 cm³/mol. The van der Waals surface area contributed by atoms with Gasteiger partial charge in [-0.05, 0) is 41.7 Å². The zero-order chi connectivity index (χ0) is 22.4. The van der Waals surface area contributed by atoms with E-state index >= 15 is 0 Å². The van der Waals surface area contributed by atoms with E-state index < -0.39 is 0 Å². The van der Waals surface area contributed by atoms with Crippen molar-refractivity contribution in [2.24, 2.45) is 0 Å². The van der Waals surface area contributed by atoms with Crippen LogP contribution in [-0.2, 0) is 13.0 Å². The highest BCUT2D eigenvalue weighted by Gasteiger charge is 2.07. The largest absolute Gasteiger partial charge is 0.311 e. The van der Waals surface area contributed by atoms with Crippen LogP contribution in [0.4, 0.5) is 0 Å². The van der Waals surface area contributed by atoms with Gasteiger partial charge in [0.25, 0.3) is 5.56 Å². The second-order valence-electron chi connectivity index (χ2n) is 6.42. The van der Waals surface area contributed by atoms with Gasteiger partial charge in [0, 0.05) is 36.6 Å². The third kappa shape index (κ3) is 7.78. The Balaban J connectivity index is 0.00000106. The molecule has 0 aliphatic rings. The van der Waals surface area contributed by atoms with Crippen molar-refractivity contribution >= 4 is 5.78 Å². The number of Topliss-reactive ketones (excluding diaryl/α,β-unsaturated/α-hetero) is 1. The van der Waals surface area contributed by atoms with Gasteiger partial charge in [0.2, 0.25) is 0 Å². The van der Waals surface area contributed by atoms with Gasteiger partial charge < -0.3 is 4.57 Å². The van der Waals surface area contributed by atoms with E-state index in [-0.39, 0.29) is 11.3 Å². The third-order valence-electron chi connectivity index (χ3n) is 4.28. The zero-order valence-corrected chi connectivity index (χ0v) is 18.9. The minimum Gasteiger partial charge on any atom is -0.311 e. The van der Waals surface area contributed by atoms with Gasteiger partial charge in [-0.25, -0.2) is 0 Å². The van der Waals surface area contributed by atoms with Crippen LogP contribution < -0.4 is 5.56 Å². The Morgan fingerprint density at radius 3 is 2.20 bits per heavy atom. The molecule has 0 atom stereocenters. The summed E-state index contributed by atoms with van der Waals surface area (Å²) in [4.78, 5) is 28.0. The van der Waals surface area contributed by atoms with E-state index in [1.54, 1.807) is 35.3 Å². The molecule has 0 unspecified atom stereocenters. The number of benzene rings is 1. The Hall–Kier alpha value is -3.01. The van der Waals surface area contributed by atoms with Gasteiger partial charge in [0.05, 0.1) is 6.54 Å². The van der Waals surface area contributed by atoms with Crippen molar-refractivity contribution in [2.45, 2.75) is 60.4 Å². The summed E-state index contributed by atoms with van der Waals surface area (Å²) in [7, 11) is 0. The Bertz CT molecular complexity index is 944. The summed E-state index contributed by atoms with van der Waals surface area (Å²) in [6.45, 7) is 10.6. The Labute approximate surface area is 180 Å². The molecular formula is C26H34N2O2. The number of hydrogen-bond acceptors (Lipinski definition) is 3. The normalized spacial score (nSPS) is 9.63. The Morgan fingerprint density at radius 2 is 1.57 bits per heavy atom. The summed E-state index contributed by atoms with van der Waals surface area (Å²) in [6.07, 6.45) is 7.36. The smallest absolute Gasteiger partial charge is 0.250 e. The van der Waals surface area contributed by atoms with Crippen LogP contribution in [0.2, 0.25) is 0 Å². The molecule has 0 radical (unpaired) electrons. The van der Waals surface area contributed by atoms with Crippen LogP contribution in [0.15, 0.2) is 71.9 Å². The second-order valence-corrected chi connectivity index (χ2v) is 6.42. The van der Waals surface area contributed by atoms with Crippen LogP contribution in [-0.4, -0.2) is 15.3 Å². The van der Waals surface area contributed by atoms with Gasteiger partial charge in [0.15, 0.2) is 5.78 Å². The number of nitrogens with zero attached hydrogens (tertiary/aromatic N) is 2. The second kappa shape index (κ2) is 14.0. The fraction of sp³-hybridized carbons (Fsp3) is 0.346. The van der Waals surface area contributed by atoms with Crippen molar-refractivity contribution in [3.63, 3.8) is 0 Å². The van der Waals surface area contributed by atoms with E-state index in [4.69, 9.17) is 0 Å². The molecule has 0 fully saturated rings. The molecule has 0 N–H and O–H groups in total. The van der Waals surface area contributed by atoms with Gasteiger partial charge in [-0.15, -0.1) is 0 Å². The average molecular weight is 407 g/mol. The standard InChI is InChI=1S/C22H22N2O2.2C2H6/c1-2-5-21(25)20-13-19(14-23-15-20)12-17-7-9-18(10-8-17)16-24-11-4-3-6-22(24)26;2*1-2/h3-4,6-11,13-15H,2,5,12,16H2,1H3;2*1-2H3. The molecule has 0 aliphatic heterocycles. The zero-order valence-electron chi connectivity index (χ0n) is 18.9. The molecule has 30 heavy (non-hydrogen) atoms. The van der Waals surface area contributed by atoms with Crippen LogP contribution in [0.3, 0.4) is 0 Å². The topological polar surface area (TPSA) is 52.0 Å². The molecule has 160 valence electrons. The van der Waals surface area contributed by atoms with Crippen molar-refractivity contribution < 1.29 is 4.79 Å². The number of carbonyl (C=O) groups is 1. The third-order valence-corrected chi connectivity index (χ3v) is 4.28. The maximum Gasteiger partial charge on any atom is 0.250 e. The number of ketones is 1. The maximum absolute atomic E-state index is 12.0. The predicted octanol–water partition coefficient (Wildman–Crippen LogP) is 5.92. The summed E-state index contributed by atoms with van der Waals surface area (Å²) in [5, 5.41) is 0. The lowest BCUT2D eigenvalue weighted by atomic mass is 10.0. The van der Waals surface area contributed by atoms with Gasteiger partial charge in [0.1, 0.15) is 0 Å². The molecule has 1 aromatic carbocycles. The van der Waals surface area contributed by atoms with Gasteiger partial charge in [-0.3, -0.25) is 14.6 Å². The first-order valence-electron chi connectivity index (χ1n) is 10.9. The van der Waals surface area contributed by atoms with Gasteiger partial charge >= 0.3 is 0 Å². The van der Waals surface area contributed by atoms with E-state index in [1.807, 2.05) is 58.9 Å². The molecule has 0 amide bonds. The van der Waals surface area contributed by atoms with E-state index in [9.17, 15) is 9.59 Å². The summed E-state index contributed by atoms with van der Waals surface area (Å²) >= 11 is 0. The average Bonchev–Trinajstić information content (AvgIpc) is 2.80. The van der Waals surface area contributed by atoms with E-state index in [1.165, 1.54) is 0 Å². The first-order valence-corrected chi connectivity index (χ1v) is 10.9. The highest BCUT2D eigenvalue weighted by molar-refractivity contribution is 5.95. The minimum absolute atomic E-state index is 0.00351. The molecule has 0 bridgehead atoms. The molecule has 0 saturated heterocycles. The monoisotopic (exact) mass is 406 g/mol. The van der Waals surface area contributed by atoms with E-state index in [0.29, 0.717) is 18.5 Å². The van der Waals surface area contributed by atoms with Crippen molar-refractivity contribution in [2.75, 3.05) is 0 Å². The lowest BCUT2D eigenvalue weighted by Gasteiger charge is -2.07. The number of aromatic nitrogens is 2. The molecule has 2 aromatic heterocycles. The quantitative estimate of drug-likeness (QED) is 0.458. The first-order chi connectivity index (χ1) is 14.7. The van der Waals surface area contributed by atoms with Crippen molar-refractivity contribution in [1.82, 2.24) is 9.55 Å². The Morgan fingerprint density at radius 1 is 0.900 bits per heavy atom. The summed E-state index contributed by atoms with van der Waals surface area (Å²) < 4.78 is 1.68. The Kier molecular flexibility index (Phi) is 11.7. The molecule has 3 aromatic rings. The number of hydrogen-bond donors (Lipinski definition) is 0. The van der Waals surface area contributed by atoms with Gasteiger partial charge in [-0.2, -0.15) is 0 Å². The molecule has 0 spiro atoms. The molecule has 0 aliphatic carbocycles. The molecule has 4 nitrogen and oxygen atoms in total.